The van der Waals surface area contributed by atoms with Gasteiger partial charge < -0.3 is 10.2 Å². The maximum absolute atomic E-state index is 12.5. The third-order valence-corrected chi connectivity index (χ3v) is 2.93. The van der Waals surface area contributed by atoms with Crippen molar-refractivity contribution >= 4 is 12.4 Å². The van der Waals surface area contributed by atoms with E-state index in [4.69, 9.17) is 0 Å². The summed E-state index contributed by atoms with van der Waals surface area (Å²) in [5, 5.41) is 3.22. The summed E-state index contributed by atoms with van der Waals surface area (Å²) in [4.78, 5) is 2.02. The van der Waals surface area contributed by atoms with Crippen molar-refractivity contribution in [1.82, 2.24) is 10.2 Å². The Balaban J connectivity index is 0.00000162. The first-order chi connectivity index (χ1) is 7.88. The third kappa shape index (κ3) is 3.16. The number of benzene rings is 1. The highest BCUT2D eigenvalue weighted by molar-refractivity contribution is 5.85. The molecule has 0 saturated carbocycles. The van der Waals surface area contributed by atoms with Gasteiger partial charge in [-0.3, -0.25) is 0 Å². The molecule has 2 rings (SSSR count). The summed E-state index contributed by atoms with van der Waals surface area (Å²) in [6.45, 7) is 1.30. The molecule has 0 saturated heterocycles. The Kier molecular flexibility index (Phi) is 4.64. The third-order valence-electron chi connectivity index (χ3n) is 2.93. The first-order valence-electron chi connectivity index (χ1n) is 5.46. The van der Waals surface area contributed by atoms with Crippen LogP contribution >= 0.6 is 12.4 Å². The zero-order chi connectivity index (χ0) is 12.6. The molecule has 0 amide bonds. The number of alkyl halides is 3. The molecule has 0 bridgehead atoms. The summed E-state index contributed by atoms with van der Waals surface area (Å²) in [5.41, 5.74) is 1.17. The van der Waals surface area contributed by atoms with Crippen LogP contribution in [0.2, 0.25) is 0 Å². The van der Waals surface area contributed by atoms with Gasteiger partial charge in [-0.1, -0.05) is 6.07 Å². The van der Waals surface area contributed by atoms with Crippen molar-refractivity contribution in [1.29, 1.82) is 0 Å². The van der Waals surface area contributed by atoms with E-state index >= 15 is 0 Å². The van der Waals surface area contributed by atoms with Gasteiger partial charge in [-0.15, -0.1) is 12.4 Å². The van der Waals surface area contributed by atoms with Crippen molar-refractivity contribution in [2.75, 3.05) is 20.6 Å². The number of halogens is 4. The summed E-state index contributed by atoms with van der Waals surface area (Å²) in [7, 11) is 3.90. The van der Waals surface area contributed by atoms with Crippen LogP contribution in [0.5, 0.6) is 0 Å². The largest absolute Gasteiger partial charge is 0.416 e. The number of nitrogens with one attached hydrogen (secondary N) is 1. The van der Waals surface area contributed by atoms with Crippen LogP contribution in [0.1, 0.15) is 22.7 Å². The van der Waals surface area contributed by atoms with Gasteiger partial charge in [-0.2, -0.15) is 13.2 Å². The minimum atomic E-state index is -4.26. The van der Waals surface area contributed by atoms with Crippen molar-refractivity contribution < 1.29 is 13.2 Å². The van der Waals surface area contributed by atoms with Crippen molar-refractivity contribution in [3.63, 3.8) is 0 Å². The Morgan fingerprint density at radius 3 is 2.56 bits per heavy atom. The van der Waals surface area contributed by atoms with Gasteiger partial charge in [0.1, 0.15) is 0 Å². The highest BCUT2D eigenvalue weighted by atomic mass is 35.5. The Morgan fingerprint density at radius 2 is 2.00 bits per heavy atom. The second-order valence-electron chi connectivity index (χ2n) is 4.61. The van der Waals surface area contributed by atoms with Crippen LogP contribution in [-0.2, 0) is 12.7 Å². The molecular formula is C12H16ClF3N2. The van der Waals surface area contributed by atoms with Gasteiger partial charge in [0.25, 0.3) is 0 Å². The lowest BCUT2D eigenvalue weighted by atomic mass is 10.0. The van der Waals surface area contributed by atoms with Crippen LogP contribution in [0.3, 0.4) is 0 Å². The fraction of sp³-hybridized carbons (Fsp3) is 0.500. The molecule has 1 aliphatic rings. The highest BCUT2D eigenvalue weighted by Gasteiger charge is 2.32. The van der Waals surface area contributed by atoms with Crippen LogP contribution < -0.4 is 5.32 Å². The molecule has 1 aliphatic heterocycles. The predicted molar refractivity (Wildman–Crippen MR) is 66.8 cm³/mol. The van der Waals surface area contributed by atoms with E-state index in [1.807, 2.05) is 19.0 Å². The van der Waals surface area contributed by atoms with Crippen LogP contribution in [0, 0.1) is 0 Å². The molecule has 0 fully saturated rings. The smallest absolute Gasteiger partial charge is 0.308 e. The summed E-state index contributed by atoms with van der Waals surface area (Å²) in [5.74, 6) is 0. The molecule has 18 heavy (non-hydrogen) atoms. The summed E-state index contributed by atoms with van der Waals surface area (Å²) in [6, 6.07) is 4.13. The zero-order valence-corrected chi connectivity index (χ0v) is 11.0. The van der Waals surface area contributed by atoms with Gasteiger partial charge in [0.2, 0.25) is 0 Å². The monoisotopic (exact) mass is 280 g/mol. The zero-order valence-electron chi connectivity index (χ0n) is 10.2. The van der Waals surface area contributed by atoms with Gasteiger partial charge in [0.05, 0.1) is 5.56 Å². The van der Waals surface area contributed by atoms with E-state index in [2.05, 4.69) is 5.32 Å². The predicted octanol–water partition coefficient (Wildman–Crippen LogP) is 2.83. The molecule has 1 aromatic rings. The second kappa shape index (κ2) is 5.47. The first-order valence-corrected chi connectivity index (χ1v) is 5.46. The van der Waals surface area contributed by atoms with Gasteiger partial charge in [0.15, 0.2) is 0 Å². The Labute approximate surface area is 111 Å². The lowest BCUT2D eigenvalue weighted by Crippen LogP contribution is -2.26. The minimum absolute atomic E-state index is 0. The number of rotatable bonds is 2. The van der Waals surface area contributed by atoms with Gasteiger partial charge in [-0.25, -0.2) is 0 Å². The molecule has 1 heterocycles. The molecule has 0 radical (unpaired) electrons. The molecule has 0 aromatic heterocycles. The van der Waals surface area contributed by atoms with E-state index in [9.17, 15) is 13.2 Å². The van der Waals surface area contributed by atoms with Crippen LogP contribution in [0.15, 0.2) is 18.2 Å². The standard InChI is InChI=1S/C12H15F3N2.ClH/c1-17(2)7-11-10-4-3-9(12(13,14)15)5-8(10)6-16-11;/h3-5,11,16H,6-7H2,1-2H3;1H/t11-;/m0./s1. The van der Waals surface area contributed by atoms with Crippen molar-refractivity contribution in [2.24, 2.45) is 0 Å². The molecule has 102 valence electrons. The number of likely N-dealkylation sites (N-methyl/N-ethyl adjacent to an activating group) is 1. The summed E-state index contributed by atoms with van der Waals surface area (Å²) >= 11 is 0. The number of hydrogen-bond donors (Lipinski definition) is 1. The quantitative estimate of drug-likeness (QED) is 0.896. The molecule has 1 aromatic carbocycles. The Bertz CT molecular complexity index is 418. The van der Waals surface area contributed by atoms with E-state index in [-0.39, 0.29) is 18.4 Å². The minimum Gasteiger partial charge on any atom is -0.308 e. The van der Waals surface area contributed by atoms with Crippen LogP contribution in [0.25, 0.3) is 0 Å². The van der Waals surface area contributed by atoms with E-state index in [1.54, 1.807) is 6.07 Å². The molecule has 0 aliphatic carbocycles. The molecule has 2 nitrogen and oxygen atoms in total. The number of hydrogen-bond acceptors (Lipinski definition) is 2. The molecule has 6 heteroatoms. The maximum Gasteiger partial charge on any atom is 0.416 e. The van der Waals surface area contributed by atoms with E-state index < -0.39 is 11.7 Å². The normalized spacial score (nSPS) is 18.7. The second-order valence-corrected chi connectivity index (χ2v) is 4.61. The first kappa shape index (κ1) is 15.3. The van der Waals surface area contributed by atoms with E-state index in [0.717, 1.165) is 23.7 Å². The van der Waals surface area contributed by atoms with Crippen LogP contribution in [0.4, 0.5) is 13.2 Å². The van der Waals surface area contributed by atoms with E-state index in [0.29, 0.717) is 6.54 Å². The lowest BCUT2D eigenvalue weighted by molar-refractivity contribution is -0.137. The molecule has 0 spiro atoms. The van der Waals surface area contributed by atoms with Crippen molar-refractivity contribution in [3.8, 4) is 0 Å². The topological polar surface area (TPSA) is 15.3 Å². The highest BCUT2D eigenvalue weighted by Crippen LogP contribution is 2.34. The number of fused-ring (bicyclic) bond motifs is 1. The Hall–Kier alpha value is -0.780. The molecular weight excluding hydrogens is 265 g/mol. The SMILES string of the molecule is CN(C)C[C@@H]1NCc2cc(C(F)(F)F)ccc21.Cl. The van der Waals surface area contributed by atoms with Crippen LogP contribution in [-0.4, -0.2) is 25.5 Å². The van der Waals surface area contributed by atoms with Crippen molar-refractivity contribution in [2.45, 2.75) is 18.8 Å². The van der Waals surface area contributed by atoms with E-state index in [1.165, 1.54) is 6.07 Å². The fourth-order valence-electron chi connectivity index (χ4n) is 2.15. The lowest BCUT2D eigenvalue weighted by Gasteiger charge is -2.17. The molecule has 1 N–H and O–H groups in total. The summed E-state index contributed by atoms with van der Waals surface area (Å²) < 4.78 is 37.6. The average molecular weight is 281 g/mol. The van der Waals surface area contributed by atoms with Gasteiger partial charge >= 0.3 is 6.18 Å². The Morgan fingerprint density at radius 1 is 1.33 bits per heavy atom. The maximum atomic E-state index is 12.5. The van der Waals surface area contributed by atoms with Gasteiger partial charge in [0, 0.05) is 19.1 Å². The average Bonchev–Trinajstić information content (AvgIpc) is 2.59. The molecule has 0 unspecified atom stereocenters. The van der Waals surface area contributed by atoms with Crippen molar-refractivity contribution in [3.05, 3.63) is 34.9 Å². The summed E-state index contributed by atoms with van der Waals surface area (Å²) in [6.07, 6.45) is -4.26. The fourth-order valence-corrected chi connectivity index (χ4v) is 2.15. The number of nitrogens with zero attached hydrogens (tertiary/aromatic N) is 1. The molecule has 1 atom stereocenters. The van der Waals surface area contributed by atoms with Gasteiger partial charge in [-0.05, 0) is 37.4 Å².